The van der Waals surface area contributed by atoms with Crippen molar-refractivity contribution >= 4 is 20.0 Å². The number of methoxy groups -OCH3 is 2. The van der Waals surface area contributed by atoms with E-state index in [0.717, 1.165) is 0 Å². The van der Waals surface area contributed by atoms with Crippen LogP contribution in [0.15, 0.2) is 24.3 Å². The average Bonchev–Trinajstić information content (AvgIpc) is 2.66. The maximum atomic E-state index is 14.6. The summed E-state index contributed by atoms with van der Waals surface area (Å²) in [5, 5.41) is 18.9. The quantitative estimate of drug-likeness (QED) is 0.229. The zero-order valence-corrected chi connectivity index (χ0v) is 21.9. The minimum absolute atomic E-state index is 0. The monoisotopic (exact) mass is 458 g/mol. The Labute approximate surface area is 217 Å². The van der Waals surface area contributed by atoms with Crippen molar-refractivity contribution in [1.82, 2.24) is 0 Å². The Hall–Kier alpha value is -0.420. The molecule has 2 aromatic carbocycles. The van der Waals surface area contributed by atoms with E-state index < -0.39 is 19.4 Å². The summed E-state index contributed by atoms with van der Waals surface area (Å²) in [5.41, 5.74) is 1.31. The minimum Gasteiger partial charge on any atom is -0.780 e. The van der Waals surface area contributed by atoms with Crippen LogP contribution < -0.4 is 82.9 Å². The average molecular weight is 458 g/mol. The van der Waals surface area contributed by atoms with Crippen LogP contribution in [0.5, 0.6) is 17.2 Å². The molecule has 0 heterocycles. The van der Waals surface area contributed by atoms with Crippen molar-refractivity contribution in [3.05, 3.63) is 52.3 Å². The van der Waals surface area contributed by atoms with Crippen molar-refractivity contribution < 1.29 is 102 Å². The van der Waals surface area contributed by atoms with E-state index in [-0.39, 0.29) is 83.6 Å². The van der Waals surface area contributed by atoms with Crippen LogP contribution in [0, 0.1) is 5.82 Å². The largest absolute Gasteiger partial charge is 1.00 e. The van der Waals surface area contributed by atoms with Gasteiger partial charge in [-0.1, -0.05) is 12.2 Å². The molecule has 30 heavy (non-hydrogen) atoms. The summed E-state index contributed by atoms with van der Waals surface area (Å²) in [4.78, 5) is 21.7. The van der Waals surface area contributed by atoms with Crippen LogP contribution in [0.25, 0.3) is 12.2 Å². The topological polar surface area (TPSA) is 131 Å². The Morgan fingerprint density at radius 1 is 1.03 bits per heavy atom. The Morgan fingerprint density at radius 3 is 2.17 bits per heavy atom. The van der Waals surface area contributed by atoms with Gasteiger partial charge in [-0.3, -0.25) is 0 Å². The summed E-state index contributed by atoms with van der Waals surface area (Å²) in [6.07, 6.45) is 2.79. The molecule has 0 bridgehead atoms. The van der Waals surface area contributed by atoms with Gasteiger partial charge in [0.05, 0.1) is 27.4 Å². The van der Waals surface area contributed by atoms with Crippen molar-refractivity contribution in [3.63, 3.8) is 0 Å². The van der Waals surface area contributed by atoms with E-state index in [1.807, 2.05) is 0 Å². The molecule has 2 rings (SSSR count). The van der Waals surface area contributed by atoms with Gasteiger partial charge < -0.3 is 38.6 Å². The zero-order valence-electron chi connectivity index (χ0n) is 17.0. The van der Waals surface area contributed by atoms with Gasteiger partial charge in [0.15, 0.2) is 11.6 Å². The Bertz CT molecular complexity index is 908. The molecule has 0 aliphatic rings. The molecule has 0 saturated heterocycles. The molecule has 12 heteroatoms. The molecule has 0 atom stereocenters. The first kappa shape index (κ1) is 29.6. The molecular formula is C18H18FNa2O8P. The van der Waals surface area contributed by atoms with Crippen molar-refractivity contribution in [2.24, 2.45) is 0 Å². The van der Waals surface area contributed by atoms with Gasteiger partial charge in [0, 0.05) is 11.1 Å². The zero-order chi connectivity index (χ0) is 20.9. The second kappa shape index (κ2) is 13.2. The first-order chi connectivity index (χ1) is 13.2. The summed E-state index contributed by atoms with van der Waals surface area (Å²) in [6, 6.07) is 5.71. The van der Waals surface area contributed by atoms with E-state index in [2.05, 4.69) is 4.52 Å². The van der Waals surface area contributed by atoms with Crippen molar-refractivity contribution in [3.8, 4) is 17.2 Å². The Morgan fingerprint density at radius 2 is 1.67 bits per heavy atom. The number of hydrogen-bond acceptors (Lipinski definition) is 8. The summed E-state index contributed by atoms with van der Waals surface area (Å²) in [5.74, 6) is -1.84. The predicted molar refractivity (Wildman–Crippen MR) is 95.0 cm³/mol. The summed E-state index contributed by atoms with van der Waals surface area (Å²) < 4.78 is 39.7. The number of halogens is 1. The normalized spacial score (nSPS) is 10.9. The van der Waals surface area contributed by atoms with Gasteiger partial charge in [-0.2, -0.15) is 0 Å². The molecule has 0 amide bonds. The van der Waals surface area contributed by atoms with E-state index in [4.69, 9.17) is 9.47 Å². The number of rotatable bonds is 8. The van der Waals surface area contributed by atoms with Crippen LogP contribution in [0.3, 0.4) is 0 Å². The summed E-state index contributed by atoms with van der Waals surface area (Å²) >= 11 is 0. The number of ether oxygens (including phenoxy) is 2. The van der Waals surface area contributed by atoms with Gasteiger partial charge in [0.25, 0.3) is 0 Å². The molecule has 8 nitrogen and oxygen atoms in total. The fraction of sp³-hybridized carbons (Fsp3) is 0.222. The summed E-state index contributed by atoms with van der Waals surface area (Å²) in [7, 11) is -2.92. The maximum Gasteiger partial charge on any atom is 1.00 e. The molecule has 2 N–H and O–H groups in total. The fourth-order valence-corrected chi connectivity index (χ4v) is 2.95. The molecule has 152 valence electrons. The van der Waals surface area contributed by atoms with Crippen LogP contribution in [0.2, 0.25) is 0 Å². The molecule has 0 radical (unpaired) electrons. The summed E-state index contributed by atoms with van der Waals surface area (Å²) in [6.45, 7) is -0.674. The van der Waals surface area contributed by atoms with Gasteiger partial charge in [-0.15, -0.1) is 0 Å². The van der Waals surface area contributed by atoms with Crippen LogP contribution in [-0.2, 0) is 17.8 Å². The number of hydrogen-bond donors (Lipinski definition) is 2. The standard InChI is InChI=1S/C18H20FO8P.2Na/c1-25-15-6-5-12(17(19)18(15)27-28(22,23)24)4-3-11-7-13(9-20)14(10-21)16(8-11)26-2;;/h3-8,20-21H,9-10H2,1-2H3,(H2,22,23,24);;/q;2*+1/p-2/b4-3-;;. The third-order valence-electron chi connectivity index (χ3n) is 3.84. The molecule has 0 spiro atoms. The van der Waals surface area contributed by atoms with Crippen molar-refractivity contribution in [2.75, 3.05) is 14.2 Å². The van der Waals surface area contributed by atoms with E-state index in [0.29, 0.717) is 22.4 Å². The number of phosphoric acid groups is 1. The predicted octanol–water partition coefficient (Wildman–Crippen LogP) is -4.79. The molecule has 0 fully saturated rings. The van der Waals surface area contributed by atoms with Gasteiger partial charge >= 0.3 is 59.1 Å². The maximum absolute atomic E-state index is 14.6. The third kappa shape index (κ3) is 7.62. The van der Waals surface area contributed by atoms with Gasteiger partial charge in [0.2, 0.25) is 5.75 Å². The first-order valence-corrected chi connectivity index (χ1v) is 9.37. The molecular weight excluding hydrogens is 440 g/mol. The molecule has 2 aromatic rings. The molecule has 0 aromatic heterocycles. The van der Waals surface area contributed by atoms with E-state index >= 15 is 0 Å². The van der Waals surface area contributed by atoms with Gasteiger partial charge in [-0.05, 0) is 35.4 Å². The number of aliphatic hydroxyl groups is 2. The third-order valence-corrected chi connectivity index (χ3v) is 4.25. The van der Waals surface area contributed by atoms with Crippen LogP contribution in [-0.4, -0.2) is 24.4 Å². The minimum atomic E-state index is -5.49. The Balaban J connectivity index is 0.00000420. The second-order valence-corrected chi connectivity index (χ2v) is 6.63. The van der Waals surface area contributed by atoms with E-state index in [1.54, 1.807) is 12.1 Å². The van der Waals surface area contributed by atoms with Gasteiger partial charge in [-0.25, -0.2) is 4.39 Å². The molecule has 0 aliphatic carbocycles. The van der Waals surface area contributed by atoms with Crippen LogP contribution in [0.4, 0.5) is 4.39 Å². The van der Waals surface area contributed by atoms with E-state index in [1.165, 1.54) is 38.5 Å². The van der Waals surface area contributed by atoms with Crippen LogP contribution in [0.1, 0.15) is 22.3 Å². The van der Waals surface area contributed by atoms with Crippen molar-refractivity contribution in [1.29, 1.82) is 0 Å². The fourth-order valence-electron chi connectivity index (χ4n) is 2.55. The number of phosphoric ester groups is 1. The molecule has 0 unspecified atom stereocenters. The van der Waals surface area contributed by atoms with Crippen molar-refractivity contribution in [2.45, 2.75) is 13.2 Å². The first-order valence-electron chi connectivity index (χ1n) is 7.91. The number of benzene rings is 2. The second-order valence-electron chi connectivity index (χ2n) is 5.55. The van der Waals surface area contributed by atoms with Gasteiger partial charge in [0.1, 0.15) is 13.6 Å². The molecule has 0 aliphatic heterocycles. The Kier molecular flexibility index (Phi) is 13.0. The molecule has 0 saturated carbocycles. The van der Waals surface area contributed by atoms with E-state index in [9.17, 15) is 29.0 Å². The number of aliphatic hydroxyl groups excluding tert-OH is 2. The van der Waals surface area contributed by atoms with Crippen LogP contribution >= 0.6 is 7.82 Å². The smallest absolute Gasteiger partial charge is 0.780 e. The SMILES string of the molecule is COc1cc(/C=C\c2ccc(OC)c(OP(=O)([O-])[O-])c2F)cc(CO)c1CO.[Na+].[Na+].